The van der Waals surface area contributed by atoms with Crippen LogP contribution in [0.4, 0.5) is 0 Å². The lowest BCUT2D eigenvalue weighted by Crippen LogP contribution is -2.35. The van der Waals surface area contributed by atoms with Crippen LogP contribution in [0.5, 0.6) is 5.75 Å². The summed E-state index contributed by atoms with van der Waals surface area (Å²) < 4.78 is 5.43. The van der Waals surface area contributed by atoms with E-state index in [1.165, 1.54) is 12.1 Å². The molecule has 6 heteroatoms. The van der Waals surface area contributed by atoms with Crippen LogP contribution in [0.15, 0.2) is 18.2 Å². The lowest BCUT2D eigenvalue weighted by Gasteiger charge is -2.21. The summed E-state index contributed by atoms with van der Waals surface area (Å²) in [6.07, 6.45) is 1.97. The molecule has 0 spiro atoms. The summed E-state index contributed by atoms with van der Waals surface area (Å²) in [7, 11) is 0. The van der Waals surface area contributed by atoms with Crippen LogP contribution >= 0.6 is 11.6 Å². The number of likely N-dealkylation sites (N-methyl/N-ethyl adjacent to an activating group) is 1. The zero-order valence-electron chi connectivity index (χ0n) is 12.4. The fourth-order valence-corrected chi connectivity index (χ4v) is 2.03. The van der Waals surface area contributed by atoms with Gasteiger partial charge in [-0.1, -0.05) is 24.9 Å². The van der Waals surface area contributed by atoms with Crippen molar-refractivity contribution in [3.8, 4) is 5.75 Å². The number of hydrogen-bond acceptors (Lipinski definition) is 3. The van der Waals surface area contributed by atoms with Gasteiger partial charge >= 0.3 is 0 Å². The summed E-state index contributed by atoms with van der Waals surface area (Å²) in [6.45, 7) is 5.20. The van der Waals surface area contributed by atoms with Gasteiger partial charge in [0.1, 0.15) is 5.75 Å². The van der Waals surface area contributed by atoms with Crippen molar-refractivity contribution in [2.45, 2.75) is 26.7 Å². The molecule has 2 amide bonds. The molecule has 116 valence electrons. The van der Waals surface area contributed by atoms with Gasteiger partial charge in [0.2, 0.25) is 0 Å². The number of hydrogen-bond donors (Lipinski definition) is 1. The maximum absolute atomic E-state index is 12.1. The molecule has 1 aromatic carbocycles. The van der Waals surface area contributed by atoms with E-state index in [0.29, 0.717) is 18.1 Å². The first-order valence-electron chi connectivity index (χ1n) is 6.99. The van der Waals surface area contributed by atoms with E-state index in [1.807, 2.05) is 6.92 Å². The third-order valence-corrected chi connectivity index (χ3v) is 3.31. The maximum Gasteiger partial charge on any atom is 0.260 e. The molecule has 0 aliphatic carbocycles. The van der Waals surface area contributed by atoms with Gasteiger partial charge in [0.25, 0.3) is 11.8 Å². The number of carbonyl (C=O) groups excluding carboxylic acids is 2. The molecule has 5 nitrogen and oxygen atoms in total. The predicted octanol–water partition coefficient (Wildman–Crippen LogP) is 2.47. The normalized spacial score (nSPS) is 10.2. The van der Waals surface area contributed by atoms with Crippen molar-refractivity contribution in [3.63, 3.8) is 0 Å². The number of amides is 2. The Kier molecular flexibility index (Phi) is 7.02. The molecule has 2 N–H and O–H groups in total. The summed E-state index contributed by atoms with van der Waals surface area (Å²) in [6, 6.07) is 4.55. The van der Waals surface area contributed by atoms with E-state index in [9.17, 15) is 9.59 Å². The zero-order valence-corrected chi connectivity index (χ0v) is 13.2. The molecule has 0 aliphatic heterocycles. The molecule has 0 saturated heterocycles. The van der Waals surface area contributed by atoms with E-state index in [4.69, 9.17) is 22.1 Å². The number of carbonyl (C=O) groups is 2. The Morgan fingerprint density at radius 2 is 2.05 bits per heavy atom. The van der Waals surface area contributed by atoms with Gasteiger partial charge in [0, 0.05) is 18.1 Å². The highest BCUT2D eigenvalue weighted by molar-refractivity contribution is 6.31. The van der Waals surface area contributed by atoms with Crippen molar-refractivity contribution in [1.82, 2.24) is 4.90 Å². The molecular formula is C15H21ClN2O3. The number of rotatable bonds is 8. The second-order valence-electron chi connectivity index (χ2n) is 4.62. The lowest BCUT2D eigenvalue weighted by molar-refractivity contribution is -0.133. The molecule has 0 heterocycles. The Balaban J connectivity index is 2.70. The second kappa shape index (κ2) is 8.52. The van der Waals surface area contributed by atoms with Crippen molar-refractivity contribution >= 4 is 23.4 Å². The van der Waals surface area contributed by atoms with Crippen molar-refractivity contribution < 1.29 is 14.3 Å². The number of nitrogens with two attached hydrogens (primary N) is 1. The molecule has 0 aliphatic rings. The van der Waals surface area contributed by atoms with Gasteiger partial charge in [0.05, 0.1) is 5.56 Å². The first-order valence-corrected chi connectivity index (χ1v) is 7.37. The summed E-state index contributed by atoms with van der Waals surface area (Å²) in [5.74, 6) is -0.485. The van der Waals surface area contributed by atoms with Crippen LogP contribution in [0.2, 0.25) is 5.02 Å². The summed E-state index contributed by atoms with van der Waals surface area (Å²) in [5.41, 5.74) is 5.44. The number of benzene rings is 1. The summed E-state index contributed by atoms with van der Waals surface area (Å²) in [5, 5.41) is 0.389. The average Bonchev–Trinajstić information content (AvgIpc) is 2.46. The molecule has 0 atom stereocenters. The van der Waals surface area contributed by atoms with Crippen molar-refractivity contribution in [3.05, 3.63) is 28.8 Å². The maximum atomic E-state index is 12.1. The smallest absolute Gasteiger partial charge is 0.260 e. The van der Waals surface area contributed by atoms with Gasteiger partial charge < -0.3 is 15.4 Å². The van der Waals surface area contributed by atoms with Gasteiger partial charge in [-0.25, -0.2) is 0 Å². The molecule has 21 heavy (non-hydrogen) atoms. The van der Waals surface area contributed by atoms with Gasteiger partial charge in [0.15, 0.2) is 6.61 Å². The molecule has 0 saturated carbocycles. The Bertz CT molecular complexity index is 506. The van der Waals surface area contributed by atoms with Crippen molar-refractivity contribution in [2.24, 2.45) is 5.73 Å². The number of halogens is 1. The SMILES string of the molecule is CCCCN(CC)C(=O)COc1ccc(Cl)cc1C(N)=O. The fraction of sp³-hybridized carbons (Fsp3) is 0.467. The molecular weight excluding hydrogens is 292 g/mol. The zero-order chi connectivity index (χ0) is 15.8. The number of primary amides is 1. The largest absolute Gasteiger partial charge is 0.483 e. The highest BCUT2D eigenvalue weighted by atomic mass is 35.5. The first-order chi connectivity index (χ1) is 9.99. The molecule has 0 aromatic heterocycles. The quantitative estimate of drug-likeness (QED) is 0.801. The van der Waals surface area contributed by atoms with Crippen LogP contribution in [-0.2, 0) is 4.79 Å². The Morgan fingerprint density at radius 1 is 1.33 bits per heavy atom. The van der Waals surface area contributed by atoms with Gasteiger partial charge in [-0.2, -0.15) is 0 Å². The van der Waals surface area contributed by atoms with Crippen LogP contribution in [0, 0.1) is 0 Å². The lowest BCUT2D eigenvalue weighted by atomic mass is 10.2. The summed E-state index contributed by atoms with van der Waals surface area (Å²) in [4.78, 5) is 25.1. The van der Waals surface area contributed by atoms with E-state index < -0.39 is 5.91 Å². The molecule has 1 aromatic rings. The molecule has 0 bridgehead atoms. The second-order valence-corrected chi connectivity index (χ2v) is 5.06. The van der Waals surface area contributed by atoms with E-state index in [1.54, 1.807) is 11.0 Å². The van der Waals surface area contributed by atoms with E-state index in [2.05, 4.69) is 6.92 Å². The Labute approximate surface area is 130 Å². The van der Waals surface area contributed by atoms with Crippen LogP contribution in [0.1, 0.15) is 37.0 Å². The first kappa shape index (κ1) is 17.3. The van der Waals surface area contributed by atoms with E-state index in [0.717, 1.165) is 12.8 Å². The molecule has 0 unspecified atom stereocenters. The standard InChI is InChI=1S/C15H21ClN2O3/c1-3-5-8-18(4-2)14(19)10-21-13-7-6-11(16)9-12(13)15(17)20/h6-7,9H,3-5,8,10H2,1-2H3,(H2,17,20). The molecule has 1 rings (SSSR count). The monoisotopic (exact) mass is 312 g/mol. The van der Waals surface area contributed by atoms with Gasteiger partial charge in [-0.3, -0.25) is 9.59 Å². The molecule has 0 radical (unpaired) electrons. The van der Waals surface area contributed by atoms with Crippen LogP contribution in [-0.4, -0.2) is 36.4 Å². The number of ether oxygens (including phenoxy) is 1. The van der Waals surface area contributed by atoms with Crippen LogP contribution < -0.4 is 10.5 Å². The predicted molar refractivity (Wildman–Crippen MR) is 82.6 cm³/mol. The minimum atomic E-state index is -0.640. The summed E-state index contributed by atoms with van der Waals surface area (Å²) >= 11 is 5.82. The third-order valence-electron chi connectivity index (χ3n) is 3.07. The highest BCUT2D eigenvalue weighted by Gasteiger charge is 2.15. The van der Waals surface area contributed by atoms with Gasteiger partial charge in [-0.15, -0.1) is 0 Å². The Morgan fingerprint density at radius 3 is 2.62 bits per heavy atom. The van der Waals surface area contributed by atoms with Gasteiger partial charge in [-0.05, 0) is 31.5 Å². The van der Waals surface area contributed by atoms with Crippen molar-refractivity contribution in [2.75, 3.05) is 19.7 Å². The Hall–Kier alpha value is -1.75. The number of unbranched alkanes of at least 4 members (excludes halogenated alkanes) is 1. The van der Waals surface area contributed by atoms with Crippen LogP contribution in [0.3, 0.4) is 0 Å². The van der Waals surface area contributed by atoms with Crippen molar-refractivity contribution in [1.29, 1.82) is 0 Å². The fourth-order valence-electron chi connectivity index (χ4n) is 1.86. The third kappa shape index (κ3) is 5.27. The minimum absolute atomic E-state index is 0.115. The minimum Gasteiger partial charge on any atom is -0.483 e. The highest BCUT2D eigenvalue weighted by Crippen LogP contribution is 2.22. The van der Waals surface area contributed by atoms with Crippen LogP contribution in [0.25, 0.3) is 0 Å². The van der Waals surface area contributed by atoms with E-state index >= 15 is 0 Å². The van der Waals surface area contributed by atoms with E-state index in [-0.39, 0.29) is 23.8 Å². The number of nitrogens with zero attached hydrogens (tertiary/aromatic N) is 1. The topological polar surface area (TPSA) is 72.6 Å². The average molecular weight is 313 g/mol. The molecule has 0 fully saturated rings.